The van der Waals surface area contributed by atoms with Crippen molar-refractivity contribution in [2.45, 2.75) is 6.10 Å². The average Bonchev–Trinajstić information content (AvgIpc) is 2.58. The first-order chi connectivity index (χ1) is 5.47. The zero-order valence-corrected chi connectivity index (χ0v) is 6.25. The predicted molar refractivity (Wildman–Crippen MR) is 40.3 cm³/mol. The van der Waals surface area contributed by atoms with Crippen LogP contribution in [0.25, 0.3) is 0 Å². The molecule has 0 saturated carbocycles. The van der Waals surface area contributed by atoms with Crippen molar-refractivity contribution in [2.24, 2.45) is 0 Å². The van der Waals surface area contributed by atoms with Crippen molar-refractivity contribution in [1.29, 1.82) is 0 Å². The van der Waals surface area contributed by atoms with E-state index in [4.69, 9.17) is 9.15 Å². The first kappa shape index (κ1) is 6.88. The maximum Gasteiger partial charge on any atom is 0.133 e. The van der Waals surface area contributed by atoms with Gasteiger partial charge in [-0.15, -0.1) is 0 Å². The van der Waals surface area contributed by atoms with Gasteiger partial charge in [-0.2, -0.15) is 0 Å². The number of nitrogens with one attached hydrogen (secondary N) is 1. The van der Waals surface area contributed by atoms with E-state index in [1.807, 2.05) is 12.1 Å². The Labute approximate surface area is 65.3 Å². The van der Waals surface area contributed by atoms with Crippen molar-refractivity contribution >= 4 is 0 Å². The third-order valence-corrected chi connectivity index (χ3v) is 1.79. The molecule has 2 rings (SSSR count). The topological polar surface area (TPSA) is 34.4 Å². The molecule has 2 heterocycles. The van der Waals surface area contributed by atoms with Crippen LogP contribution in [-0.4, -0.2) is 19.7 Å². The molecule has 3 heteroatoms. The maximum atomic E-state index is 5.47. The largest absolute Gasteiger partial charge is 0.467 e. The molecule has 3 nitrogen and oxygen atoms in total. The standard InChI is InChI=1S/C8H11NO2/c1-2-7(10-4-1)8-6-9-3-5-11-8/h1-2,4,8-9H,3,5-6H2. The first-order valence-corrected chi connectivity index (χ1v) is 3.82. The summed E-state index contributed by atoms with van der Waals surface area (Å²) < 4.78 is 10.7. The fourth-order valence-electron chi connectivity index (χ4n) is 1.22. The summed E-state index contributed by atoms with van der Waals surface area (Å²) in [5.74, 6) is 0.914. The number of hydrogen-bond donors (Lipinski definition) is 1. The molecule has 0 spiro atoms. The SMILES string of the molecule is c1coc(C2CNCCO2)c1. The fraction of sp³-hybridized carbons (Fsp3) is 0.500. The monoisotopic (exact) mass is 153 g/mol. The first-order valence-electron chi connectivity index (χ1n) is 3.82. The van der Waals surface area contributed by atoms with Crippen LogP contribution >= 0.6 is 0 Å². The lowest BCUT2D eigenvalue weighted by atomic mass is 10.2. The van der Waals surface area contributed by atoms with Crippen LogP contribution in [0.2, 0.25) is 0 Å². The summed E-state index contributed by atoms with van der Waals surface area (Å²) >= 11 is 0. The van der Waals surface area contributed by atoms with Crippen LogP contribution in [0.15, 0.2) is 22.8 Å². The smallest absolute Gasteiger partial charge is 0.133 e. The van der Waals surface area contributed by atoms with Gasteiger partial charge in [-0.3, -0.25) is 0 Å². The van der Waals surface area contributed by atoms with Gasteiger partial charge < -0.3 is 14.5 Å². The zero-order chi connectivity index (χ0) is 7.52. The van der Waals surface area contributed by atoms with Gasteiger partial charge in [-0.05, 0) is 12.1 Å². The van der Waals surface area contributed by atoms with Crippen LogP contribution in [0.3, 0.4) is 0 Å². The van der Waals surface area contributed by atoms with E-state index in [2.05, 4.69) is 5.32 Å². The van der Waals surface area contributed by atoms with Gasteiger partial charge in [0, 0.05) is 13.1 Å². The highest BCUT2D eigenvalue weighted by Gasteiger charge is 2.17. The van der Waals surface area contributed by atoms with Crippen molar-refractivity contribution in [3.05, 3.63) is 24.2 Å². The second-order valence-corrected chi connectivity index (χ2v) is 2.58. The minimum Gasteiger partial charge on any atom is -0.467 e. The molecular weight excluding hydrogens is 142 g/mol. The van der Waals surface area contributed by atoms with Gasteiger partial charge in [0.15, 0.2) is 0 Å². The van der Waals surface area contributed by atoms with Crippen molar-refractivity contribution < 1.29 is 9.15 Å². The average molecular weight is 153 g/mol. The summed E-state index contributed by atoms with van der Waals surface area (Å²) in [6.45, 7) is 2.57. The third-order valence-electron chi connectivity index (χ3n) is 1.79. The van der Waals surface area contributed by atoms with E-state index < -0.39 is 0 Å². The summed E-state index contributed by atoms with van der Waals surface area (Å²) in [5, 5.41) is 3.24. The summed E-state index contributed by atoms with van der Waals surface area (Å²) in [7, 11) is 0. The second-order valence-electron chi connectivity index (χ2n) is 2.58. The maximum absolute atomic E-state index is 5.47. The van der Waals surface area contributed by atoms with Crippen LogP contribution in [0, 0.1) is 0 Å². The molecule has 60 valence electrons. The Kier molecular flexibility index (Phi) is 1.92. The quantitative estimate of drug-likeness (QED) is 0.652. The molecule has 1 aromatic rings. The van der Waals surface area contributed by atoms with Crippen molar-refractivity contribution in [2.75, 3.05) is 19.7 Å². The summed E-state index contributed by atoms with van der Waals surface area (Å²) in [4.78, 5) is 0. The lowest BCUT2D eigenvalue weighted by molar-refractivity contribution is 0.0143. The van der Waals surface area contributed by atoms with E-state index >= 15 is 0 Å². The Morgan fingerprint density at radius 2 is 2.55 bits per heavy atom. The number of furan rings is 1. The van der Waals surface area contributed by atoms with E-state index in [1.54, 1.807) is 6.26 Å². The van der Waals surface area contributed by atoms with E-state index in [9.17, 15) is 0 Å². The Bertz CT molecular complexity index is 202. The molecule has 1 saturated heterocycles. The van der Waals surface area contributed by atoms with Crippen molar-refractivity contribution in [1.82, 2.24) is 5.32 Å². The van der Waals surface area contributed by atoms with Crippen LogP contribution in [0.4, 0.5) is 0 Å². The molecule has 0 aliphatic carbocycles. The van der Waals surface area contributed by atoms with Crippen molar-refractivity contribution in [3.63, 3.8) is 0 Å². The Balaban J connectivity index is 2.04. The summed E-state index contributed by atoms with van der Waals surface area (Å²) in [6.07, 6.45) is 1.78. The van der Waals surface area contributed by atoms with Gasteiger partial charge in [0.2, 0.25) is 0 Å². The Morgan fingerprint density at radius 1 is 1.55 bits per heavy atom. The minimum absolute atomic E-state index is 0.110. The molecule has 0 amide bonds. The molecule has 1 unspecified atom stereocenters. The highest BCUT2D eigenvalue weighted by atomic mass is 16.5. The fourth-order valence-corrected chi connectivity index (χ4v) is 1.22. The van der Waals surface area contributed by atoms with E-state index in [-0.39, 0.29) is 6.10 Å². The van der Waals surface area contributed by atoms with Crippen molar-refractivity contribution in [3.8, 4) is 0 Å². The number of ether oxygens (including phenoxy) is 1. The number of rotatable bonds is 1. The molecule has 0 radical (unpaired) electrons. The molecule has 0 bridgehead atoms. The second kappa shape index (κ2) is 3.07. The van der Waals surface area contributed by atoms with Crippen LogP contribution in [0.1, 0.15) is 11.9 Å². The Morgan fingerprint density at radius 3 is 3.18 bits per heavy atom. The molecule has 1 N–H and O–H groups in total. The van der Waals surface area contributed by atoms with Gasteiger partial charge in [0.05, 0.1) is 12.9 Å². The van der Waals surface area contributed by atoms with Gasteiger partial charge in [0.25, 0.3) is 0 Å². The molecule has 11 heavy (non-hydrogen) atoms. The van der Waals surface area contributed by atoms with Crippen LogP contribution < -0.4 is 5.32 Å². The number of hydrogen-bond acceptors (Lipinski definition) is 3. The van der Waals surface area contributed by atoms with E-state index in [1.165, 1.54) is 0 Å². The molecule has 1 atom stereocenters. The normalized spacial score (nSPS) is 25.3. The minimum atomic E-state index is 0.110. The molecule has 1 fully saturated rings. The highest BCUT2D eigenvalue weighted by molar-refractivity contribution is 5.03. The summed E-state index contributed by atoms with van der Waals surface area (Å²) in [5.41, 5.74) is 0. The molecule has 0 aromatic carbocycles. The number of morpholine rings is 1. The van der Waals surface area contributed by atoms with Gasteiger partial charge in [-0.25, -0.2) is 0 Å². The molecule has 1 aromatic heterocycles. The lowest BCUT2D eigenvalue weighted by Crippen LogP contribution is -2.33. The third kappa shape index (κ3) is 1.44. The van der Waals surface area contributed by atoms with E-state index in [0.29, 0.717) is 0 Å². The predicted octanol–water partition coefficient (Wildman–Crippen LogP) is 0.940. The van der Waals surface area contributed by atoms with Gasteiger partial charge in [0.1, 0.15) is 11.9 Å². The Hall–Kier alpha value is -0.800. The van der Waals surface area contributed by atoms with Gasteiger partial charge >= 0.3 is 0 Å². The van der Waals surface area contributed by atoms with Crippen LogP contribution in [-0.2, 0) is 4.74 Å². The van der Waals surface area contributed by atoms with Gasteiger partial charge in [-0.1, -0.05) is 0 Å². The van der Waals surface area contributed by atoms with Crippen LogP contribution in [0.5, 0.6) is 0 Å². The molecule has 1 aliphatic heterocycles. The summed E-state index contributed by atoms with van der Waals surface area (Å²) in [6, 6.07) is 3.82. The lowest BCUT2D eigenvalue weighted by Gasteiger charge is -2.21. The van der Waals surface area contributed by atoms with E-state index in [0.717, 1.165) is 25.5 Å². The molecular formula is C8H11NO2. The molecule has 1 aliphatic rings. The highest BCUT2D eigenvalue weighted by Crippen LogP contribution is 2.18. The zero-order valence-electron chi connectivity index (χ0n) is 6.25.